The van der Waals surface area contributed by atoms with Crippen LogP contribution in [0.3, 0.4) is 0 Å². The van der Waals surface area contributed by atoms with Crippen LogP contribution in [0.25, 0.3) is 0 Å². The second kappa shape index (κ2) is 6.34. The highest BCUT2D eigenvalue weighted by molar-refractivity contribution is 5.84. The zero-order valence-corrected chi connectivity index (χ0v) is 11.6. The summed E-state index contributed by atoms with van der Waals surface area (Å²) in [6.07, 6.45) is 0.754. The summed E-state index contributed by atoms with van der Waals surface area (Å²) in [5.74, 6) is -1.00. The summed E-state index contributed by atoms with van der Waals surface area (Å²) in [5, 5.41) is 13.6. The van der Waals surface area contributed by atoms with E-state index in [1.54, 1.807) is 6.07 Å². The lowest BCUT2D eigenvalue weighted by atomic mass is 10.1. The third kappa shape index (κ3) is 4.27. The van der Waals surface area contributed by atoms with Crippen LogP contribution >= 0.6 is 0 Å². The van der Waals surface area contributed by atoms with Crippen LogP contribution in [0.2, 0.25) is 0 Å². The molecular weight excluding hydrogens is 276 g/mol. The van der Waals surface area contributed by atoms with E-state index in [2.05, 4.69) is 5.32 Å². The van der Waals surface area contributed by atoms with Crippen molar-refractivity contribution < 1.29 is 19.2 Å². The molecule has 1 N–H and O–H groups in total. The fourth-order valence-corrected chi connectivity index (χ4v) is 1.83. The molecule has 112 valence electrons. The summed E-state index contributed by atoms with van der Waals surface area (Å²) in [6.45, 7) is 1.48. The van der Waals surface area contributed by atoms with Gasteiger partial charge in [-0.15, -0.1) is 0 Å². The van der Waals surface area contributed by atoms with Crippen molar-refractivity contribution in [3.63, 3.8) is 0 Å². The first-order valence-corrected chi connectivity index (χ1v) is 6.69. The highest BCUT2D eigenvalue weighted by Crippen LogP contribution is 2.20. The Bertz CT molecular complexity index is 568. The first-order chi connectivity index (χ1) is 9.97. The molecule has 1 atom stereocenters. The first-order valence-electron chi connectivity index (χ1n) is 6.69. The van der Waals surface area contributed by atoms with Crippen molar-refractivity contribution in [2.24, 2.45) is 0 Å². The lowest BCUT2D eigenvalue weighted by molar-refractivity contribution is -0.385. The highest BCUT2D eigenvalue weighted by Gasteiger charge is 2.27. The summed E-state index contributed by atoms with van der Waals surface area (Å²) in [5.41, 5.74) is 0.131. The Balaban J connectivity index is 1.92. The lowest BCUT2D eigenvalue weighted by Crippen LogP contribution is -2.37. The zero-order valence-electron chi connectivity index (χ0n) is 11.6. The van der Waals surface area contributed by atoms with Crippen LogP contribution in [0.5, 0.6) is 0 Å². The average molecular weight is 292 g/mol. The molecular formula is C14H16N2O5. The van der Waals surface area contributed by atoms with Gasteiger partial charge in [-0.25, -0.2) is 0 Å². The van der Waals surface area contributed by atoms with Crippen LogP contribution in [0, 0.1) is 10.1 Å². The monoisotopic (exact) mass is 292 g/mol. The molecule has 7 nitrogen and oxygen atoms in total. The fourth-order valence-electron chi connectivity index (χ4n) is 1.83. The summed E-state index contributed by atoms with van der Waals surface area (Å²) in [7, 11) is 0. The quantitative estimate of drug-likeness (QED) is 0.484. The van der Waals surface area contributed by atoms with Gasteiger partial charge < -0.3 is 10.1 Å². The Morgan fingerprint density at radius 1 is 1.43 bits per heavy atom. The van der Waals surface area contributed by atoms with E-state index in [0.29, 0.717) is 0 Å². The Labute approximate surface area is 121 Å². The van der Waals surface area contributed by atoms with Gasteiger partial charge in [0.05, 0.1) is 11.3 Å². The van der Waals surface area contributed by atoms with Gasteiger partial charge in [-0.2, -0.15) is 0 Å². The number of para-hydroxylation sites is 1. The van der Waals surface area contributed by atoms with Crippen molar-refractivity contribution in [3.8, 4) is 0 Å². The molecule has 0 bridgehead atoms. The number of carbonyl (C=O) groups is 2. The maximum absolute atomic E-state index is 11.8. The standard InChI is InChI=1S/C14H16N2O5/c1-9(14(18)15-11-6-7-11)21-13(17)8-10-4-2-3-5-12(10)16(19)20/h2-5,9,11H,6-8H2,1H3,(H,15,18)/t9-/m1/s1. The van der Waals surface area contributed by atoms with Gasteiger partial charge in [0.2, 0.25) is 0 Å². The molecule has 0 aliphatic heterocycles. The number of ether oxygens (including phenoxy) is 1. The summed E-state index contributed by atoms with van der Waals surface area (Å²) in [4.78, 5) is 33.7. The third-order valence-corrected chi connectivity index (χ3v) is 3.12. The maximum atomic E-state index is 11.8. The number of esters is 1. The van der Waals surface area contributed by atoms with Gasteiger partial charge in [0.1, 0.15) is 0 Å². The van der Waals surface area contributed by atoms with Crippen LogP contribution in [-0.4, -0.2) is 28.9 Å². The predicted octanol–water partition coefficient (Wildman–Crippen LogP) is 1.35. The first kappa shape index (κ1) is 15.0. The van der Waals surface area contributed by atoms with Gasteiger partial charge in [0.25, 0.3) is 11.6 Å². The van der Waals surface area contributed by atoms with Crippen molar-refractivity contribution >= 4 is 17.6 Å². The number of carbonyl (C=O) groups excluding carboxylic acids is 2. The summed E-state index contributed by atoms with van der Waals surface area (Å²) < 4.78 is 5.01. The SMILES string of the molecule is C[C@@H](OC(=O)Cc1ccccc1[N+](=O)[O-])C(=O)NC1CC1. The molecule has 1 aromatic rings. The number of amides is 1. The molecule has 7 heteroatoms. The summed E-state index contributed by atoms with van der Waals surface area (Å²) >= 11 is 0. The predicted molar refractivity (Wildman–Crippen MR) is 73.5 cm³/mol. The molecule has 1 aliphatic carbocycles. The van der Waals surface area contributed by atoms with E-state index in [1.165, 1.54) is 25.1 Å². The molecule has 0 saturated heterocycles. The molecule has 21 heavy (non-hydrogen) atoms. The van der Waals surface area contributed by atoms with E-state index in [-0.39, 0.29) is 29.6 Å². The largest absolute Gasteiger partial charge is 0.452 e. The van der Waals surface area contributed by atoms with E-state index in [0.717, 1.165) is 12.8 Å². The van der Waals surface area contributed by atoms with Gasteiger partial charge in [-0.1, -0.05) is 18.2 Å². The molecule has 2 rings (SSSR count). The van der Waals surface area contributed by atoms with Crippen LogP contribution in [0.15, 0.2) is 24.3 Å². The summed E-state index contributed by atoms with van der Waals surface area (Å²) in [6, 6.07) is 6.14. The molecule has 1 aromatic carbocycles. The number of nitrogens with one attached hydrogen (secondary N) is 1. The van der Waals surface area contributed by atoms with Gasteiger partial charge in [0.15, 0.2) is 6.10 Å². The fraction of sp³-hybridized carbons (Fsp3) is 0.429. The van der Waals surface area contributed by atoms with Crippen molar-refractivity contribution in [3.05, 3.63) is 39.9 Å². The van der Waals surface area contributed by atoms with Crippen molar-refractivity contribution in [1.82, 2.24) is 5.32 Å². The number of nitro groups is 1. The normalized spacial score (nSPS) is 15.1. The number of nitrogens with zero attached hydrogens (tertiary/aromatic N) is 1. The van der Waals surface area contributed by atoms with Crippen LogP contribution in [0.1, 0.15) is 25.3 Å². The van der Waals surface area contributed by atoms with Gasteiger partial charge in [0, 0.05) is 17.7 Å². The molecule has 1 aliphatic rings. The van der Waals surface area contributed by atoms with E-state index in [9.17, 15) is 19.7 Å². The molecule has 0 unspecified atom stereocenters. The minimum atomic E-state index is -0.902. The van der Waals surface area contributed by atoms with Gasteiger partial charge in [-0.3, -0.25) is 19.7 Å². The molecule has 1 fully saturated rings. The van der Waals surface area contributed by atoms with Crippen LogP contribution < -0.4 is 5.32 Å². The minimum Gasteiger partial charge on any atom is -0.452 e. The van der Waals surface area contributed by atoms with E-state index in [1.807, 2.05) is 0 Å². The molecule has 1 amide bonds. The van der Waals surface area contributed by atoms with Crippen molar-refractivity contribution in [1.29, 1.82) is 0 Å². The molecule has 0 heterocycles. The number of rotatable bonds is 6. The van der Waals surface area contributed by atoms with Crippen molar-refractivity contribution in [2.75, 3.05) is 0 Å². The number of hydrogen-bond donors (Lipinski definition) is 1. The number of benzene rings is 1. The number of nitro benzene ring substituents is 1. The van der Waals surface area contributed by atoms with Gasteiger partial charge >= 0.3 is 5.97 Å². The van der Waals surface area contributed by atoms with Gasteiger partial charge in [-0.05, 0) is 19.8 Å². The van der Waals surface area contributed by atoms with Crippen molar-refractivity contribution in [2.45, 2.75) is 38.3 Å². The molecule has 0 radical (unpaired) electrons. The second-order valence-corrected chi connectivity index (χ2v) is 4.98. The van der Waals surface area contributed by atoms with E-state index in [4.69, 9.17) is 4.74 Å². The Morgan fingerprint density at radius 2 is 2.10 bits per heavy atom. The lowest BCUT2D eigenvalue weighted by Gasteiger charge is -2.13. The topological polar surface area (TPSA) is 98.5 Å². The Hall–Kier alpha value is -2.44. The zero-order chi connectivity index (χ0) is 15.4. The smallest absolute Gasteiger partial charge is 0.311 e. The van der Waals surface area contributed by atoms with Crippen LogP contribution in [0.4, 0.5) is 5.69 Å². The Morgan fingerprint density at radius 3 is 2.71 bits per heavy atom. The van der Waals surface area contributed by atoms with E-state index >= 15 is 0 Å². The van der Waals surface area contributed by atoms with E-state index < -0.39 is 17.0 Å². The highest BCUT2D eigenvalue weighted by atomic mass is 16.6. The maximum Gasteiger partial charge on any atom is 0.311 e. The Kier molecular flexibility index (Phi) is 4.52. The van der Waals surface area contributed by atoms with Crippen LogP contribution in [-0.2, 0) is 20.7 Å². The molecule has 0 aromatic heterocycles. The molecule has 0 spiro atoms. The average Bonchev–Trinajstić information content (AvgIpc) is 3.22. The second-order valence-electron chi connectivity index (χ2n) is 4.98. The number of hydrogen-bond acceptors (Lipinski definition) is 5. The third-order valence-electron chi connectivity index (χ3n) is 3.12. The minimum absolute atomic E-state index is 0.135. The molecule has 1 saturated carbocycles.